The van der Waals surface area contributed by atoms with Crippen molar-refractivity contribution in [1.82, 2.24) is 0 Å². The minimum atomic E-state index is 0.249. The van der Waals surface area contributed by atoms with Gasteiger partial charge in [0.1, 0.15) is 0 Å². The van der Waals surface area contributed by atoms with Crippen LogP contribution < -0.4 is 4.90 Å². The number of nitrogens with zero attached hydrogens (tertiary/aromatic N) is 1. The van der Waals surface area contributed by atoms with Crippen LogP contribution in [0.2, 0.25) is 0 Å². The molecule has 1 atom stereocenters. The fraction of sp³-hybridized carbons (Fsp3) is 0.500. The monoisotopic (exact) mass is 189 g/mol. The average molecular weight is 189 g/mol. The van der Waals surface area contributed by atoms with E-state index in [4.69, 9.17) is 0 Å². The summed E-state index contributed by atoms with van der Waals surface area (Å²) >= 11 is 0. The Balaban J connectivity index is 2.15. The summed E-state index contributed by atoms with van der Waals surface area (Å²) in [5.74, 6) is 0. The first-order valence-corrected chi connectivity index (χ1v) is 5.17. The molecule has 74 valence electrons. The topological polar surface area (TPSA) is 23.5 Å². The van der Waals surface area contributed by atoms with E-state index in [1.54, 1.807) is 0 Å². The third-order valence-corrected chi connectivity index (χ3v) is 2.81. The van der Waals surface area contributed by atoms with Gasteiger partial charge in [0.2, 0.25) is 0 Å². The zero-order chi connectivity index (χ0) is 9.80. The Morgan fingerprint density at radius 3 is 3.07 bits per heavy atom. The summed E-state index contributed by atoms with van der Waals surface area (Å²) < 4.78 is 0. The molecule has 1 aliphatic heterocycles. The van der Waals surface area contributed by atoms with Crippen LogP contribution in [0.15, 0.2) is 18.2 Å². The third-order valence-electron chi connectivity index (χ3n) is 2.81. The minimum absolute atomic E-state index is 0.249. The molecule has 2 rings (SSSR count). The highest BCUT2D eigenvalue weighted by molar-refractivity contribution is 5.46. The van der Waals surface area contributed by atoms with E-state index in [2.05, 4.69) is 17.0 Å². The standard InChI is InChI=1S/C12H15NO/c14-10-12-8-4-5-9-13(12)11-6-2-1-3-7-11/h2,6-7,12,14H,4-5,8-10H2. The van der Waals surface area contributed by atoms with Gasteiger partial charge in [0.25, 0.3) is 0 Å². The summed E-state index contributed by atoms with van der Waals surface area (Å²) in [6.07, 6.45) is 3.54. The van der Waals surface area contributed by atoms with Crippen molar-refractivity contribution in [3.63, 3.8) is 0 Å². The number of hydrogen-bond donors (Lipinski definition) is 1. The summed E-state index contributed by atoms with van der Waals surface area (Å²) in [5, 5.41) is 9.26. The van der Waals surface area contributed by atoms with E-state index in [9.17, 15) is 5.11 Å². The zero-order valence-corrected chi connectivity index (χ0v) is 8.24. The van der Waals surface area contributed by atoms with Crippen molar-refractivity contribution in [2.75, 3.05) is 18.1 Å². The van der Waals surface area contributed by atoms with Gasteiger partial charge in [0.15, 0.2) is 0 Å². The molecule has 0 saturated carbocycles. The lowest BCUT2D eigenvalue weighted by molar-refractivity contribution is 0.240. The number of rotatable bonds is 2. The molecule has 14 heavy (non-hydrogen) atoms. The van der Waals surface area contributed by atoms with E-state index in [0.29, 0.717) is 6.04 Å². The van der Waals surface area contributed by atoms with Crippen LogP contribution in [0.5, 0.6) is 0 Å². The molecule has 1 aromatic carbocycles. The average Bonchev–Trinajstić information content (AvgIpc) is 2.30. The van der Waals surface area contributed by atoms with E-state index in [0.717, 1.165) is 18.7 Å². The molecule has 1 heterocycles. The van der Waals surface area contributed by atoms with Crippen molar-refractivity contribution < 1.29 is 5.11 Å². The molecule has 0 bridgehead atoms. The molecule has 1 fully saturated rings. The first-order valence-electron chi connectivity index (χ1n) is 5.17. The summed E-state index contributed by atoms with van der Waals surface area (Å²) in [5.41, 5.74) is 1.16. The quantitative estimate of drug-likeness (QED) is 0.764. The van der Waals surface area contributed by atoms with Gasteiger partial charge in [-0.25, -0.2) is 0 Å². The maximum absolute atomic E-state index is 9.26. The maximum Gasteiger partial charge on any atom is 0.0635 e. The summed E-state index contributed by atoms with van der Waals surface area (Å²) in [7, 11) is 0. The Kier molecular flexibility index (Phi) is 2.90. The van der Waals surface area contributed by atoms with Crippen LogP contribution >= 0.6 is 0 Å². The first-order chi connectivity index (χ1) is 6.92. The molecule has 0 aromatic heterocycles. The molecular formula is C12H15NO. The largest absolute Gasteiger partial charge is 0.394 e. The van der Waals surface area contributed by atoms with Crippen LogP contribution in [0.25, 0.3) is 0 Å². The summed E-state index contributed by atoms with van der Waals surface area (Å²) in [6, 6.07) is 12.0. The van der Waals surface area contributed by atoms with E-state index >= 15 is 0 Å². The van der Waals surface area contributed by atoms with Crippen LogP contribution in [0.4, 0.5) is 5.69 Å². The van der Waals surface area contributed by atoms with Gasteiger partial charge in [-0.2, -0.15) is 0 Å². The molecule has 2 nitrogen and oxygen atoms in total. The number of aliphatic hydroxyl groups is 1. The normalized spacial score (nSPS) is 21.8. The van der Waals surface area contributed by atoms with Crippen molar-refractivity contribution in [2.45, 2.75) is 25.3 Å². The second kappa shape index (κ2) is 4.34. The highest BCUT2D eigenvalue weighted by Crippen LogP contribution is 2.23. The lowest BCUT2D eigenvalue weighted by Crippen LogP contribution is -2.41. The molecular weight excluding hydrogens is 174 g/mol. The molecule has 0 aliphatic carbocycles. The highest BCUT2D eigenvalue weighted by Gasteiger charge is 2.21. The fourth-order valence-corrected chi connectivity index (χ4v) is 2.05. The van der Waals surface area contributed by atoms with Crippen LogP contribution in [0.3, 0.4) is 0 Å². The number of anilines is 1. The Hall–Kier alpha value is -1.20. The SMILES string of the molecule is OCC1CCCCN1c1cc#ccc1. The van der Waals surface area contributed by atoms with Crippen molar-refractivity contribution in [3.8, 4) is 0 Å². The van der Waals surface area contributed by atoms with Gasteiger partial charge >= 0.3 is 0 Å². The van der Waals surface area contributed by atoms with Crippen molar-refractivity contribution in [2.24, 2.45) is 0 Å². The first kappa shape index (κ1) is 9.36. The Morgan fingerprint density at radius 2 is 2.36 bits per heavy atom. The molecule has 1 saturated heterocycles. The predicted molar refractivity (Wildman–Crippen MR) is 56.2 cm³/mol. The van der Waals surface area contributed by atoms with Crippen molar-refractivity contribution in [1.29, 1.82) is 0 Å². The molecule has 1 unspecified atom stereocenters. The maximum atomic E-state index is 9.26. The van der Waals surface area contributed by atoms with E-state index in [1.165, 1.54) is 12.8 Å². The molecule has 1 N–H and O–H groups in total. The molecule has 0 radical (unpaired) electrons. The van der Waals surface area contributed by atoms with Crippen molar-refractivity contribution in [3.05, 3.63) is 30.3 Å². The second-order valence-corrected chi connectivity index (χ2v) is 3.72. The van der Waals surface area contributed by atoms with Gasteiger partial charge in [-0.15, -0.1) is 0 Å². The predicted octanol–water partition coefficient (Wildman–Crippen LogP) is 1.64. The molecule has 0 spiro atoms. The van der Waals surface area contributed by atoms with E-state index < -0.39 is 0 Å². The van der Waals surface area contributed by atoms with Gasteiger partial charge in [-0.05, 0) is 31.4 Å². The third kappa shape index (κ3) is 1.83. The van der Waals surface area contributed by atoms with Gasteiger partial charge in [-0.3, -0.25) is 0 Å². The van der Waals surface area contributed by atoms with Crippen LogP contribution in [-0.2, 0) is 0 Å². The highest BCUT2D eigenvalue weighted by atomic mass is 16.3. The van der Waals surface area contributed by atoms with Crippen LogP contribution in [-0.4, -0.2) is 24.3 Å². The molecule has 0 amide bonds. The molecule has 1 aromatic rings. The Morgan fingerprint density at radius 1 is 1.43 bits per heavy atom. The second-order valence-electron chi connectivity index (χ2n) is 3.72. The number of aliphatic hydroxyl groups excluding tert-OH is 1. The van der Waals surface area contributed by atoms with Crippen LogP contribution in [0, 0.1) is 12.1 Å². The van der Waals surface area contributed by atoms with E-state index in [-0.39, 0.29) is 6.61 Å². The van der Waals surface area contributed by atoms with Gasteiger partial charge in [0, 0.05) is 18.3 Å². The Bertz CT molecular complexity index is 273. The smallest absolute Gasteiger partial charge is 0.0635 e. The Labute approximate surface area is 85.2 Å². The summed E-state index contributed by atoms with van der Waals surface area (Å²) in [4.78, 5) is 2.27. The van der Waals surface area contributed by atoms with Crippen LogP contribution in [0.1, 0.15) is 19.3 Å². The number of hydrogen-bond acceptors (Lipinski definition) is 2. The molecule has 2 heteroatoms. The van der Waals surface area contributed by atoms with Crippen molar-refractivity contribution >= 4 is 5.69 Å². The number of piperidine rings is 1. The lowest BCUT2D eigenvalue weighted by atomic mass is 10.0. The van der Waals surface area contributed by atoms with Gasteiger partial charge in [0.05, 0.1) is 12.6 Å². The lowest BCUT2D eigenvalue weighted by Gasteiger charge is -2.36. The molecule has 1 aliphatic rings. The van der Waals surface area contributed by atoms with Gasteiger partial charge in [-0.1, -0.05) is 12.1 Å². The zero-order valence-electron chi connectivity index (χ0n) is 8.24. The van der Waals surface area contributed by atoms with E-state index in [1.807, 2.05) is 18.2 Å². The van der Waals surface area contributed by atoms with Gasteiger partial charge < -0.3 is 10.0 Å². The minimum Gasteiger partial charge on any atom is -0.394 e. The fourth-order valence-electron chi connectivity index (χ4n) is 2.05. The summed E-state index contributed by atoms with van der Waals surface area (Å²) in [6.45, 7) is 1.29.